The number of fused-ring (bicyclic) bond motifs is 14. The van der Waals surface area contributed by atoms with Gasteiger partial charge < -0.3 is 22.7 Å². The van der Waals surface area contributed by atoms with Gasteiger partial charge in [-0.2, -0.15) is 12.1 Å². The first-order valence-corrected chi connectivity index (χ1v) is 17.4. The Labute approximate surface area is 320 Å². The van der Waals surface area contributed by atoms with Crippen LogP contribution >= 0.6 is 0 Å². The van der Waals surface area contributed by atoms with Crippen molar-refractivity contribution in [3.63, 3.8) is 0 Å². The third-order valence-electron chi connectivity index (χ3n) is 10.3. The van der Waals surface area contributed by atoms with E-state index in [0.717, 1.165) is 99.1 Å². The van der Waals surface area contributed by atoms with Crippen LogP contribution in [0.25, 0.3) is 99.1 Å². The second-order valence-corrected chi connectivity index (χ2v) is 13.2. The summed E-state index contributed by atoms with van der Waals surface area (Å²) in [5.41, 5.74) is 7.00. The smallest absolute Gasteiger partial charge is 0.509 e. The zero-order valence-corrected chi connectivity index (χ0v) is 30.5. The number of nitrogens with zero attached hydrogens (tertiary/aromatic N) is 4. The topological polar surface area (TPSA) is 71.2 Å². The number of para-hydroxylation sites is 2. The predicted molar refractivity (Wildman–Crippen MR) is 209 cm³/mol. The maximum Gasteiger partial charge on any atom is 2.00 e. The summed E-state index contributed by atoms with van der Waals surface area (Å²) in [6, 6.07) is 51.9. The fourth-order valence-electron chi connectivity index (χ4n) is 8.06. The molecule has 0 saturated heterocycles. The maximum absolute atomic E-state index is 6.61. The van der Waals surface area contributed by atoms with Gasteiger partial charge in [0.05, 0.1) is 0 Å². The number of hydrogen-bond acceptors (Lipinski definition) is 5. The normalized spacial score (nSPS) is 11.9. The monoisotopic (exact) mass is 875 g/mol. The first-order valence-electron chi connectivity index (χ1n) is 17.4. The Kier molecular flexibility index (Phi) is 6.67. The Morgan fingerprint density at radius 3 is 1.35 bits per heavy atom. The van der Waals surface area contributed by atoms with Crippen LogP contribution < -0.4 is 4.74 Å². The second kappa shape index (κ2) is 11.7. The van der Waals surface area contributed by atoms with Crippen molar-refractivity contribution >= 4 is 87.5 Å². The molecule has 8 heteroatoms. The summed E-state index contributed by atoms with van der Waals surface area (Å²) in [7, 11) is 0. The van der Waals surface area contributed by atoms with Gasteiger partial charge in [0.25, 0.3) is 0 Å². The second-order valence-electron chi connectivity index (χ2n) is 13.2. The number of hydrogen-bond donors (Lipinski definition) is 0. The molecule has 0 bridgehead atoms. The van der Waals surface area contributed by atoms with Crippen LogP contribution in [0.5, 0.6) is 11.5 Å². The molecule has 256 valence electrons. The van der Waals surface area contributed by atoms with Crippen molar-refractivity contribution in [2.75, 3.05) is 0 Å². The Balaban J connectivity index is 0.00000341. The number of furan rings is 2. The maximum atomic E-state index is 6.61. The predicted octanol–water partition coefficient (Wildman–Crippen LogP) is 11.9. The van der Waals surface area contributed by atoms with Gasteiger partial charge in [-0.1, -0.05) is 70.3 Å². The van der Waals surface area contributed by atoms with E-state index in [1.165, 1.54) is 0 Å². The van der Waals surface area contributed by atoms with Crippen molar-refractivity contribution < 1.29 is 34.6 Å². The fraction of sp³-hybridized carbons (Fsp3) is 0. The fourth-order valence-corrected chi connectivity index (χ4v) is 8.06. The van der Waals surface area contributed by atoms with E-state index < -0.39 is 0 Å². The Morgan fingerprint density at radius 2 is 0.889 bits per heavy atom. The summed E-state index contributed by atoms with van der Waals surface area (Å²) < 4.78 is 23.9. The molecule has 0 spiro atoms. The zero-order chi connectivity index (χ0) is 34.6. The minimum atomic E-state index is 0. The zero-order valence-electron chi connectivity index (χ0n) is 28.2. The molecule has 0 atom stereocenters. The minimum Gasteiger partial charge on any atom is -0.509 e. The van der Waals surface area contributed by atoms with E-state index in [0.29, 0.717) is 11.5 Å². The van der Waals surface area contributed by atoms with E-state index in [1.807, 2.05) is 84.9 Å². The first-order chi connectivity index (χ1) is 26.3. The van der Waals surface area contributed by atoms with E-state index >= 15 is 0 Å². The van der Waals surface area contributed by atoms with Gasteiger partial charge >= 0.3 is 21.1 Å². The number of benzene rings is 6. The van der Waals surface area contributed by atoms with Crippen LogP contribution in [0.15, 0.2) is 155 Å². The molecular weight excluding hydrogens is 852 g/mol. The molecule has 0 aliphatic carbocycles. The molecule has 0 N–H and O–H groups in total. The molecule has 7 nitrogen and oxygen atoms in total. The standard InChI is InChI=1S/C46H24N4O3.Pt/c1-3-11-39-29(9-1)31-19-21-35-43(45(31)52-39)33-17-15-27(25-37(33)49(35)41-13-5-7-23-47-41)51-28-16-18-34-38(26-28)50(42-14-6-8-24-48-42)36-22-20-32-30-10-2-4-12-40(30)53-46(32)44(34)36;/h1-24H;/q-2;+2. The van der Waals surface area contributed by atoms with Crippen molar-refractivity contribution in [3.8, 4) is 23.1 Å². The van der Waals surface area contributed by atoms with E-state index in [1.54, 1.807) is 12.4 Å². The molecule has 0 unspecified atom stereocenters. The quantitative estimate of drug-likeness (QED) is 0.165. The van der Waals surface area contributed by atoms with Gasteiger partial charge in [0.1, 0.15) is 34.0 Å². The summed E-state index contributed by atoms with van der Waals surface area (Å²) in [5, 5.41) is 8.31. The van der Waals surface area contributed by atoms with Crippen LogP contribution in [0.2, 0.25) is 0 Å². The molecular formula is C46H24N4O3Pt. The van der Waals surface area contributed by atoms with E-state index in [9.17, 15) is 0 Å². The molecule has 54 heavy (non-hydrogen) atoms. The van der Waals surface area contributed by atoms with Crippen molar-refractivity contribution in [1.29, 1.82) is 0 Å². The molecule has 0 radical (unpaired) electrons. The Morgan fingerprint density at radius 1 is 0.444 bits per heavy atom. The molecule has 6 aromatic carbocycles. The average molecular weight is 876 g/mol. The average Bonchev–Trinajstić information content (AvgIpc) is 3.95. The Hall–Kier alpha value is -6.69. The minimum absolute atomic E-state index is 0. The molecule has 0 amide bonds. The van der Waals surface area contributed by atoms with E-state index in [2.05, 4.69) is 69.8 Å². The SMILES string of the molecule is [Pt+2].[c-]1c(Oc2[c-]c3c(cc2)c2c4oc5ccccc5c4ccc2n3-c2ccccn2)ccc2c3c4oc5ccccc5c4ccc3n(-c3ccccn3)c12. The Bertz CT molecular complexity index is 3200. The van der Waals surface area contributed by atoms with Crippen LogP contribution in [0.4, 0.5) is 0 Å². The number of pyridine rings is 2. The summed E-state index contributed by atoms with van der Waals surface area (Å²) in [5.74, 6) is 2.66. The molecule has 6 heterocycles. The van der Waals surface area contributed by atoms with E-state index in [4.69, 9.17) is 23.5 Å². The first kappa shape index (κ1) is 30.9. The van der Waals surface area contributed by atoms with Crippen LogP contribution in [-0.4, -0.2) is 19.1 Å². The van der Waals surface area contributed by atoms with Gasteiger partial charge in [-0.15, -0.1) is 24.3 Å². The third kappa shape index (κ3) is 4.33. The van der Waals surface area contributed by atoms with Crippen molar-refractivity contribution in [1.82, 2.24) is 19.1 Å². The molecule has 0 aliphatic heterocycles. The van der Waals surface area contributed by atoms with Crippen molar-refractivity contribution in [3.05, 3.63) is 158 Å². The molecule has 12 aromatic rings. The van der Waals surface area contributed by atoms with Gasteiger partial charge in [-0.3, -0.25) is 0 Å². The molecule has 12 rings (SSSR count). The van der Waals surface area contributed by atoms with Gasteiger partial charge in [-0.25, -0.2) is 9.97 Å². The van der Waals surface area contributed by atoms with Gasteiger partial charge in [0, 0.05) is 56.5 Å². The number of ether oxygens (including phenoxy) is 1. The largest absolute Gasteiger partial charge is 2.00 e. The molecule has 0 aliphatic rings. The van der Waals surface area contributed by atoms with Crippen LogP contribution in [0.3, 0.4) is 0 Å². The number of rotatable bonds is 4. The van der Waals surface area contributed by atoms with Crippen LogP contribution in [-0.2, 0) is 21.1 Å². The summed E-state index contributed by atoms with van der Waals surface area (Å²) in [6.45, 7) is 0. The van der Waals surface area contributed by atoms with Crippen LogP contribution in [0.1, 0.15) is 0 Å². The van der Waals surface area contributed by atoms with Crippen molar-refractivity contribution in [2.45, 2.75) is 0 Å². The van der Waals surface area contributed by atoms with Crippen molar-refractivity contribution in [2.24, 2.45) is 0 Å². The van der Waals surface area contributed by atoms with Gasteiger partial charge in [0.2, 0.25) is 0 Å². The molecule has 6 aromatic heterocycles. The molecule has 0 fully saturated rings. The van der Waals surface area contributed by atoms with Gasteiger partial charge in [0.15, 0.2) is 0 Å². The molecule has 0 saturated carbocycles. The summed E-state index contributed by atoms with van der Waals surface area (Å²) in [4.78, 5) is 9.47. The third-order valence-corrected chi connectivity index (χ3v) is 10.3. The number of aromatic nitrogens is 4. The summed E-state index contributed by atoms with van der Waals surface area (Å²) in [6.07, 6.45) is 3.61. The van der Waals surface area contributed by atoms with Gasteiger partial charge in [-0.05, 0) is 71.4 Å². The van der Waals surface area contributed by atoms with Crippen LogP contribution in [0, 0.1) is 12.1 Å². The van der Waals surface area contributed by atoms with E-state index in [-0.39, 0.29) is 21.1 Å². The summed E-state index contributed by atoms with van der Waals surface area (Å²) >= 11 is 0.